The third kappa shape index (κ3) is 4.82. The topological polar surface area (TPSA) is 91.0 Å². The molecule has 2 heterocycles. The lowest BCUT2D eigenvalue weighted by atomic mass is 10.1. The maximum Gasteiger partial charge on any atom is 0.253 e. The van der Waals surface area contributed by atoms with E-state index in [-0.39, 0.29) is 17.6 Å². The van der Waals surface area contributed by atoms with Crippen molar-refractivity contribution in [2.24, 2.45) is 0 Å². The lowest BCUT2D eigenvalue weighted by molar-refractivity contribution is -0.113. The van der Waals surface area contributed by atoms with Gasteiger partial charge in [-0.1, -0.05) is 29.4 Å². The van der Waals surface area contributed by atoms with Gasteiger partial charge in [-0.15, -0.1) is 0 Å². The van der Waals surface area contributed by atoms with Crippen LogP contribution in [0.25, 0.3) is 11.2 Å². The van der Waals surface area contributed by atoms with Crippen LogP contribution in [0.15, 0.2) is 41.7 Å². The Morgan fingerprint density at radius 2 is 2.04 bits per heavy atom. The van der Waals surface area contributed by atoms with E-state index < -0.39 is 0 Å². The number of pyridine rings is 1. The summed E-state index contributed by atoms with van der Waals surface area (Å²) in [5, 5.41) is 3.92. The smallest absolute Gasteiger partial charge is 0.253 e. The molecule has 0 bridgehead atoms. The Labute approximate surface area is 171 Å². The van der Waals surface area contributed by atoms with E-state index in [2.05, 4.69) is 20.3 Å². The molecule has 0 radical (unpaired) electrons. The zero-order chi connectivity index (χ0) is 20.1. The second kappa shape index (κ2) is 9.07. The lowest BCUT2D eigenvalue weighted by Crippen LogP contribution is -2.30. The molecule has 3 rings (SSSR count). The average molecular weight is 418 g/mol. The average Bonchev–Trinajstić information content (AvgIpc) is 3.09. The Kier molecular flexibility index (Phi) is 6.53. The number of rotatable bonds is 7. The molecule has 0 aliphatic rings. The number of imidazole rings is 1. The first-order chi connectivity index (χ1) is 13.5. The number of halogens is 1. The molecule has 146 valence electrons. The van der Waals surface area contributed by atoms with Gasteiger partial charge in [0.05, 0.1) is 16.3 Å². The zero-order valence-corrected chi connectivity index (χ0v) is 17.1. The monoisotopic (exact) mass is 417 g/mol. The van der Waals surface area contributed by atoms with E-state index in [1.165, 1.54) is 18.0 Å². The maximum atomic E-state index is 12.4. The number of H-pyrrole nitrogens is 1. The highest BCUT2D eigenvalue weighted by Gasteiger charge is 2.14. The van der Waals surface area contributed by atoms with E-state index in [1.807, 2.05) is 13.8 Å². The van der Waals surface area contributed by atoms with Crippen molar-refractivity contribution >= 4 is 52.0 Å². The SMILES string of the molecule is CCN(CC)C(=O)c1cccc(NC(=O)CSc2nc3ncc(Cl)cc3[nH]2)c1. The molecule has 0 fully saturated rings. The molecule has 2 N–H and O–H groups in total. The number of amides is 2. The zero-order valence-electron chi connectivity index (χ0n) is 15.5. The van der Waals surface area contributed by atoms with Gasteiger partial charge in [0.1, 0.15) is 0 Å². The summed E-state index contributed by atoms with van der Waals surface area (Å²) >= 11 is 7.18. The van der Waals surface area contributed by atoms with Gasteiger partial charge in [-0.25, -0.2) is 9.97 Å². The molecule has 1 aromatic carbocycles. The molecule has 28 heavy (non-hydrogen) atoms. The summed E-state index contributed by atoms with van der Waals surface area (Å²) in [5.41, 5.74) is 2.41. The highest BCUT2D eigenvalue weighted by molar-refractivity contribution is 7.99. The Balaban J connectivity index is 1.61. The van der Waals surface area contributed by atoms with Gasteiger partial charge in [-0.3, -0.25) is 9.59 Å². The molecule has 0 unspecified atom stereocenters. The molecule has 0 atom stereocenters. The van der Waals surface area contributed by atoms with Gasteiger partial charge in [-0.05, 0) is 38.1 Å². The van der Waals surface area contributed by atoms with Crippen LogP contribution in [0.5, 0.6) is 0 Å². The summed E-state index contributed by atoms with van der Waals surface area (Å²) in [7, 11) is 0. The molecular formula is C19H20ClN5O2S. The van der Waals surface area contributed by atoms with E-state index in [4.69, 9.17) is 11.6 Å². The third-order valence-corrected chi connectivity index (χ3v) is 5.15. The number of nitrogens with zero attached hydrogens (tertiary/aromatic N) is 3. The molecule has 2 aromatic heterocycles. The molecule has 7 nitrogen and oxygen atoms in total. The molecule has 3 aromatic rings. The highest BCUT2D eigenvalue weighted by atomic mass is 35.5. The Morgan fingerprint density at radius 3 is 2.79 bits per heavy atom. The number of hydrogen-bond acceptors (Lipinski definition) is 5. The van der Waals surface area contributed by atoms with Crippen molar-refractivity contribution in [3.8, 4) is 0 Å². The molecule has 0 aliphatic heterocycles. The lowest BCUT2D eigenvalue weighted by Gasteiger charge is -2.19. The number of fused-ring (bicyclic) bond motifs is 1. The number of thioether (sulfide) groups is 1. The molecule has 0 aliphatic carbocycles. The largest absolute Gasteiger partial charge is 0.339 e. The minimum Gasteiger partial charge on any atom is -0.339 e. The van der Waals surface area contributed by atoms with Crippen LogP contribution in [-0.2, 0) is 4.79 Å². The van der Waals surface area contributed by atoms with Gasteiger partial charge in [0, 0.05) is 30.5 Å². The minimum absolute atomic E-state index is 0.0519. The fraction of sp³-hybridized carbons (Fsp3) is 0.263. The van der Waals surface area contributed by atoms with Crippen LogP contribution < -0.4 is 5.32 Å². The van der Waals surface area contributed by atoms with Crippen LogP contribution in [0.4, 0.5) is 5.69 Å². The van der Waals surface area contributed by atoms with Crippen LogP contribution in [0.1, 0.15) is 24.2 Å². The second-order valence-corrected chi connectivity index (χ2v) is 7.36. The van der Waals surface area contributed by atoms with Crippen molar-refractivity contribution in [2.45, 2.75) is 19.0 Å². The number of nitrogens with one attached hydrogen (secondary N) is 2. The summed E-state index contributed by atoms with van der Waals surface area (Å²) in [4.78, 5) is 38.0. The van der Waals surface area contributed by atoms with Gasteiger partial charge in [0.25, 0.3) is 5.91 Å². The number of carbonyl (C=O) groups is 2. The summed E-state index contributed by atoms with van der Waals surface area (Å²) in [6.07, 6.45) is 1.53. The quantitative estimate of drug-likeness (QED) is 0.570. The Hall–Kier alpha value is -2.58. The second-order valence-electron chi connectivity index (χ2n) is 5.96. The summed E-state index contributed by atoms with van der Waals surface area (Å²) in [5.74, 6) is -0.0744. The number of benzene rings is 1. The summed E-state index contributed by atoms with van der Waals surface area (Å²) in [6.45, 7) is 5.15. The number of anilines is 1. The van der Waals surface area contributed by atoms with E-state index in [9.17, 15) is 9.59 Å². The van der Waals surface area contributed by atoms with Gasteiger partial charge >= 0.3 is 0 Å². The van der Waals surface area contributed by atoms with Gasteiger partial charge in [0.15, 0.2) is 10.8 Å². The van der Waals surface area contributed by atoms with Crippen molar-refractivity contribution in [2.75, 3.05) is 24.2 Å². The van der Waals surface area contributed by atoms with Crippen molar-refractivity contribution < 1.29 is 9.59 Å². The molecular weight excluding hydrogens is 398 g/mol. The van der Waals surface area contributed by atoms with Gasteiger partial charge in [0.2, 0.25) is 5.91 Å². The summed E-state index contributed by atoms with van der Waals surface area (Å²) in [6, 6.07) is 8.69. The fourth-order valence-electron chi connectivity index (χ4n) is 2.68. The van der Waals surface area contributed by atoms with Crippen molar-refractivity contribution in [1.29, 1.82) is 0 Å². The number of aromatic nitrogens is 3. The third-order valence-electron chi connectivity index (χ3n) is 4.07. The van der Waals surface area contributed by atoms with E-state index in [0.717, 1.165) is 5.52 Å². The number of carbonyl (C=O) groups excluding carboxylic acids is 2. The van der Waals surface area contributed by atoms with Crippen LogP contribution in [0.3, 0.4) is 0 Å². The minimum atomic E-state index is -0.191. The maximum absolute atomic E-state index is 12.4. The Bertz CT molecular complexity index is 1000. The van der Waals surface area contributed by atoms with Gasteiger partial charge < -0.3 is 15.2 Å². The van der Waals surface area contributed by atoms with Crippen LogP contribution in [-0.4, -0.2) is 50.5 Å². The van der Waals surface area contributed by atoms with E-state index in [1.54, 1.807) is 35.2 Å². The predicted octanol–water partition coefficient (Wildman–Crippen LogP) is 3.82. The number of aromatic amines is 1. The van der Waals surface area contributed by atoms with Crippen molar-refractivity contribution in [1.82, 2.24) is 19.9 Å². The molecule has 2 amide bonds. The normalized spacial score (nSPS) is 10.8. The summed E-state index contributed by atoms with van der Waals surface area (Å²) < 4.78 is 0. The standard InChI is InChI=1S/C19H20ClN5O2S/c1-3-25(4-2)18(27)12-6-5-7-14(8-12)22-16(26)11-28-19-23-15-9-13(20)10-21-17(15)24-19/h5-10H,3-4,11H2,1-2H3,(H,22,26)(H,21,23,24). The van der Waals surface area contributed by atoms with E-state index >= 15 is 0 Å². The van der Waals surface area contributed by atoms with Crippen LogP contribution in [0, 0.1) is 0 Å². The first-order valence-electron chi connectivity index (χ1n) is 8.83. The number of hydrogen-bond donors (Lipinski definition) is 2. The Morgan fingerprint density at radius 1 is 1.25 bits per heavy atom. The van der Waals surface area contributed by atoms with Crippen LogP contribution in [0.2, 0.25) is 5.02 Å². The first kappa shape index (κ1) is 20.2. The molecule has 0 spiro atoms. The van der Waals surface area contributed by atoms with Crippen LogP contribution >= 0.6 is 23.4 Å². The molecule has 0 saturated heterocycles. The molecule has 9 heteroatoms. The highest BCUT2D eigenvalue weighted by Crippen LogP contribution is 2.21. The molecule has 0 saturated carbocycles. The first-order valence-corrected chi connectivity index (χ1v) is 10.2. The van der Waals surface area contributed by atoms with E-state index in [0.29, 0.717) is 40.2 Å². The fourth-order valence-corrected chi connectivity index (χ4v) is 3.51. The van der Waals surface area contributed by atoms with Crippen molar-refractivity contribution in [3.63, 3.8) is 0 Å². The van der Waals surface area contributed by atoms with Gasteiger partial charge in [-0.2, -0.15) is 0 Å². The predicted molar refractivity (Wildman–Crippen MR) is 112 cm³/mol. The van der Waals surface area contributed by atoms with Crippen molar-refractivity contribution in [3.05, 3.63) is 47.1 Å².